The number of fused-ring (bicyclic) bond motifs is 1. The van der Waals surface area contributed by atoms with Gasteiger partial charge in [0.25, 0.3) is 0 Å². The summed E-state index contributed by atoms with van der Waals surface area (Å²) >= 11 is 1.90. The van der Waals surface area contributed by atoms with Crippen molar-refractivity contribution < 1.29 is 0 Å². The van der Waals surface area contributed by atoms with Gasteiger partial charge in [-0.3, -0.25) is 4.90 Å². The van der Waals surface area contributed by atoms with Crippen molar-refractivity contribution in [3.63, 3.8) is 0 Å². The minimum absolute atomic E-state index is 0.513. The van der Waals surface area contributed by atoms with Gasteiger partial charge in [0.1, 0.15) is 5.82 Å². The Morgan fingerprint density at radius 1 is 1.42 bits per heavy atom. The Bertz CT molecular complexity index is 547. The Balaban J connectivity index is 1.73. The van der Waals surface area contributed by atoms with Crippen molar-refractivity contribution in [3.8, 4) is 0 Å². The molecule has 0 saturated carbocycles. The molecule has 1 aliphatic heterocycles. The first-order valence-electron chi connectivity index (χ1n) is 6.71. The van der Waals surface area contributed by atoms with Gasteiger partial charge < -0.3 is 5.32 Å². The highest BCUT2D eigenvalue weighted by Gasteiger charge is 2.24. The number of anilines is 1. The second kappa shape index (κ2) is 5.31. The molecule has 3 nitrogen and oxygen atoms in total. The third-order valence-electron chi connectivity index (χ3n) is 3.87. The van der Waals surface area contributed by atoms with Crippen molar-refractivity contribution in [1.29, 1.82) is 0 Å². The Kier molecular flexibility index (Phi) is 3.53. The van der Waals surface area contributed by atoms with E-state index in [1.165, 1.54) is 17.5 Å². The van der Waals surface area contributed by atoms with E-state index in [0.717, 1.165) is 18.9 Å². The number of hydrogen-bond donors (Lipinski definition) is 1. The summed E-state index contributed by atoms with van der Waals surface area (Å²) in [6.45, 7) is 4.43. The molecule has 2 aromatic rings. The molecule has 3 rings (SSSR count). The highest BCUT2D eigenvalue weighted by molar-refractivity contribution is 7.10. The lowest BCUT2D eigenvalue weighted by Crippen LogP contribution is -2.32. The molecule has 100 valence electrons. The first kappa shape index (κ1) is 12.6. The van der Waals surface area contributed by atoms with Gasteiger partial charge in [0.15, 0.2) is 0 Å². The quantitative estimate of drug-likeness (QED) is 0.930. The van der Waals surface area contributed by atoms with E-state index in [4.69, 9.17) is 0 Å². The molecule has 19 heavy (non-hydrogen) atoms. The van der Waals surface area contributed by atoms with Crippen LogP contribution in [-0.4, -0.2) is 23.5 Å². The van der Waals surface area contributed by atoms with Gasteiger partial charge in [0.05, 0.1) is 0 Å². The van der Waals surface area contributed by atoms with Gasteiger partial charge in [-0.25, -0.2) is 4.98 Å². The summed E-state index contributed by atoms with van der Waals surface area (Å²) in [7, 11) is 1.90. The molecule has 1 N–H and O–H groups in total. The predicted octanol–water partition coefficient (Wildman–Crippen LogP) is 3.30. The van der Waals surface area contributed by atoms with Gasteiger partial charge >= 0.3 is 0 Å². The molecule has 0 saturated heterocycles. The summed E-state index contributed by atoms with van der Waals surface area (Å²) in [6, 6.07) is 6.99. The molecule has 0 amide bonds. The zero-order valence-corrected chi connectivity index (χ0v) is 12.2. The number of nitrogens with zero attached hydrogens (tertiary/aromatic N) is 2. The van der Waals surface area contributed by atoms with Crippen LogP contribution in [0.25, 0.3) is 0 Å². The van der Waals surface area contributed by atoms with Crippen molar-refractivity contribution in [2.24, 2.45) is 0 Å². The van der Waals surface area contributed by atoms with Crippen LogP contribution >= 0.6 is 11.3 Å². The fourth-order valence-electron chi connectivity index (χ4n) is 2.68. The van der Waals surface area contributed by atoms with E-state index in [1.807, 2.05) is 30.6 Å². The van der Waals surface area contributed by atoms with Gasteiger partial charge in [0.2, 0.25) is 0 Å². The van der Waals surface area contributed by atoms with Crippen molar-refractivity contribution in [3.05, 3.63) is 45.8 Å². The minimum Gasteiger partial charge on any atom is -0.373 e. The lowest BCUT2D eigenvalue weighted by molar-refractivity contribution is 0.191. The summed E-state index contributed by atoms with van der Waals surface area (Å²) in [5.41, 5.74) is 2.79. The van der Waals surface area contributed by atoms with Crippen molar-refractivity contribution >= 4 is 17.2 Å². The van der Waals surface area contributed by atoms with Crippen LogP contribution < -0.4 is 5.32 Å². The molecule has 2 aromatic heterocycles. The zero-order valence-electron chi connectivity index (χ0n) is 11.4. The molecule has 1 unspecified atom stereocenters. The van der Waals surface area contributed by atoms with Crippen LogP contribution in [0, 0.1) is 0 Å². The number of hydrogen-bond acceptors (Lipinski definition) is 4. The van der Waals surface area contributed by atoms with Gasteiger partial charge in [-0.2, -0.15) is 0 Å². The van der Waals surface area contributed by atoms with Crippen LogP contribution in [0.15, 0.2) is 29.8 Å². The second-order valence-corrected chi connectivity index (χ2v) is 6.00. The second-order valence-electron chi connectivity index (χ2n) is 5.00. The standard InChI is InChI=1S/C15H19N3S/c1-11-13-6-8-19-14(13)5-7-18(11)10-12-3-4-15(16-2)17-9-12/h3-4,6,8-9,11H,5,7,10H2,1-2H3,(H,16,17). The van der Waals surface area contributed by atoms with E-state index < -0.39 is 0 Å². The van der Waals surface area contributed by atoms with Crippen molar-refractivity contribution in [2.45, 2.75) is 25.9 Å². The first-order valence-corrected chi connectivity index (χ1v) is 7.59. The molecule has 0 bridgehead atoms. The third kappa shape index (κ3) is 2.51. The van der Waals surface area contributed by atoms with Crippen molar-refractivity contribution in [1.82, 2.24) is 9.88 Å². The van der Waals surface area contributed by atoms with E-state index >= 15 is 0 Å². The zero-order chi connectivity index (χ0) is 13.2. The predicted molar refractivity (Wildman–Crippen MR) is 80.6 cm³/mol. The summed E-state index contributed by atoms with van der Waals surface area (Å²) in [4.78, 5) is 8.48. The Morgan fingerprint density at radius 2 is 2.32 bits per heavy atom. The number of rotatable bonds is 3. The molecule has 0 aliphatic carbocycles. The average molecular weight is 273 g/mol. The van der Waals surface area contributed by atoms with E-state index in [1.54, 1.807) is 4.88 Å². The molecular formula is C15H19N3S. The van der Waals surface area contributed by atoms with Crippen LogP contribution in [0.3, 0.4) is 0 Å². The Labute approximate surface area is 118 Å². The highest BCUT2D eigenvalue weighted by Crippen LogP contribution is 2.33. The molecule has 3 heterocycles. The molecule has 4 heteroatoms. The molecule has 0 spiro atoms. The van der Waals surface area contributed by atoms with E-state index in [2.05, 4.69) is 39.6 Å². The van der Waals surface area contributed by atoms with Crippen LogP contribution in [0.2, 0.25) is 0 Å². The minimum atomic E-state index is 0.513. The maximum atomic E-state index is 4.39. The molecule has 0 aromatic carbocycles. The lowest BCUT2D eigenvalue weighted by atomic mass is 10.0. The molecule has 0 fully saturated rings. The summed E-state index contributed by atoms with van der Waals surface area (Å²) in [5.74, 6) is 0.926. The fraction of sp³-hybridized carbons (Fsp3) is 0.400. The summed E-state index contributed by atoms with van der Waals surface area (Å²) in [6.07, 6.45) is 3.15. The highest BCUT2D eigenvalue weighted by atomic mass is 32.1. The normalized spacial score (nSPS) is 19.2. The van der Waals surface area contributed by atoms with Gasteiger partial charge in [-0.05, 0) is 42.0 Å². The van der Waals surface area contributed by atoms with Crippen LogP contribution in [-0.2, 0) is 13.0 Å². The molecule has 1 aliphatic rings. The van der Waals surface area contributed by atoms with Gasteiger partial charge in [-0.15, -0.1) is 11.3 Å². The average Bonchev–Trinajstić information content (AvgIpc) is 2.92. The number of nitrogens with one attached hydrogen (secondary N) is 1. The molecule has 0 radical (unpaired) electrons. The smallest absolute Gasteiger partial charge is 0.125 e. The number of pyridine rings is 1. The van der Waals surface area contributed by atoms with E-state index in [-0.39, 0.29) is 0 Å². The molecular weight excluding hydrogens is 254 g/mol. The summed E-state index contributed by atoms with van der Waals surface area (Å²) < 4.78 is 0. The van der Waals surface area contributed by atoms with Crippen molar-refractivity contribution in [2.75, 3.05) is 18.9 Å². The SMILES string of the molecule is CNc1ccc(CN2CCc3sccc3C2C)cn1. The maximum absolute atomic E-state index is 4.39. The van der Waals surface area contributed by atoms with Crippen LogP contribution in [0.1, 0.15) is 29.0 Å². The fourth-order valence-corrected chi connectivity index (χ4v) is 3.64. The lowest BCUT2D eigenvalue weighted by Gasteiger charge is -2.33. The Hall–Kier alpha value is -1.39. The third-order valence-corrected chi connectivity index (χ3v) is 4.87. The van der Waals surface area contributed by atoms with Crippen LogP contribution in [0.5, 0.6) is 0 Å². The van der Waals surface area contributed by atoms with E-state index in [0.29, 0.717) is 6.04 Å². The topological polar surface area (TPSA) is 28.2 Å². The van der Waals surface area contributed by atoms with E-state index in [9.17, 15) is 0 Å². The largest absolute Gasteiger partial charge is 0.373 e. The van der Waals surface area contributed by atoms with Gasteiger partial charge in [0, 0.05) is 37.3 Å². The van der Waals surface area contributed by atoms with Gasteiger partial charge in [-0.1, -0.05) is 6.07 Å². The number of thiophene rings is 1. The Morgan fingerprint density at radius 3 is 3.05 bits per heavy atom. The summed E-state index contributed by atoms with van der Waals surface area (Å²) in [5, 5.41) is 5.27. The number of aromatic nitrogens is 1. The first-order chi connectivity index (χ1) is 9.28. The molecule has 1 atom stereocenters. The monoisotopic (exact) mass is 273 g/mol. The maximum Gasteiger partial charge on any atom is 0.125 e. The van der Waals surface area contributed by atoms with Crippen LogP contribution in [0.4, 0.5) is 5.82 Å².